The molecule has 0 unspecified atom stereocenters. The van der Waals surface area contributed by atoms with Crippen molar-refractivity contribution in [3.63, 3.8) is 0 Å². The average Bonchev–Trinajstić information content (AvgIpc) is 3.39. The molecule has 8 nitrogen and oxygen atoms in total. The molecule has 1 fully saturated rings. The number of nitrogens with zero attached hydrogens (tertiary/aromatic N) is 3. The number of anilines is 2. The molecule has 2 aromatic carbocycles. The number of thiocarbonyl (C=S) groups is 1. The van der Waals surface area contributed by atoms with Crippen LogP contribution in [0.5, 0.6) is 5.75 Å². The van der Waals surface area contributed by atoms with Crippen LogP contribution in [0.25, 0.3) is 5.69 Å². The summed E-state index contributed by atoms with van der Waals surface area (Å²) in [6.45, 7) is 4.02. The van der Waals surface area contributed by atoms with Gasteiger partial charge in [0, 0.05) is 29.0 Å². The molecule has 1 aliphatic rings. The molecule has 3 heterocycles. The lowest BCUT2D eigenvalue weighted by molar-refractivity contribution is 0.417. The van der Waals surface area contributed by atoms with Crippen LogP contribution in [0, 0.1) is 19.7 Å². The second-order valence-corrected chi connectivity index (χ2v) is 11.5. The number of halogens is 1. The van der Waals surface area contributed by atoms with Crippen molar-refractivity contribution in [2.24, 2.45) is 0 Å². The molecule has 0 saturated carbocycles. The van der Waals surface area contributed by atoms with Gasteiger partial charge in [-0.25, -0.2) is 12.8 Å². The molecular weight excluding hydrogens is 537 g/mol. The van der Waals surface area contributed by atoms with Crippen LogP contribution < -0.4 is 19.7 Å². The Morgan fingerprint density at radius 3 is 2.41 bits per heavy atom. The maximum absolute atomic E-state index is 13.7. The Morgan fingerprint density at radius 2 is 1.77 bits per heavy atom. The van der Waals surface area contributed by atoms with Gasteiger partial charge in [-0.2, -0.15) is 0 Å². The highest BCUT2D eigenvalue weighted by molar-refractivity contribution is 7.92. The van der Waals surface area contributed by atoms with Crippen molar-refractivity contribution in [1.82, 2.24) is 14.9 Å². The van der Waals surface area contributed by atoms with Gasteiger partial charge in [0.2, 0.25) is 10.0 Å². The second-order valence-electron chi connectivity index (χ2n) is 9.39. The summed E-state index contributed by atoms with van der Waals surface area (Å²) >= 11 is 5.85. The summed E-state index contributed by atoms with van der Waals surface area (Å²) in [5.74, 6) is 0.0840. The molecule has 2 aromatic heterocycles. The predicted molar refractivity (Wildman–Crippen MR) is 155 cm³/mol. The van der Waals surface area contributed by atoms with Crippen molar-refractivity contribution in [3.05, 3.63) is 101 Å². The zero-order chi connectivity index (χ0) is 27.9. The normalized spacial score (nSPS) is 17.3. The Balaban J connectivity index is 1.68. The number of ether oxygens (including phenoxy) is 1. The highest BCUT2D eigenvalue weighted by atomic mass is 32.2. The zero-order valence-electron chi connectivity index (χ0n) is 21.8. The molecule has 0 spiro atoms. The minimum absolute atomic E-state index is 0.297. The fraction of sp³-hybridized carbons (Fsp3) is 0.214. The van der Waals surface area contributed by atoms with Crippen LogP contribution in [0.3, 0.4) is 0 Å². The standard InChI is InChI=1S/C28H28FN5O3S2/c1-17-15-22(18(2)33(17)20-10-8-19(29)9-11-20)27-26(23-7-5-6-14-30-23)31-28(38)34(27)21-12-13-25(37-3)24(16-21)32-39(4,35)36/h5-16,26-27,32H,1-4H3,(H,31,38)/t26-,27-/m0/s1. The Morgan fingerprint density at radius 1 is 1.05 bits per heavy atom. The number of nitrogens with one attached hydrogen (secondary N) is 2. The minimum Gasteiger partial charge on any atom is -0.495 e. The number of methoxy groups -OCH3 is 1. The van der Waals surface area contributed by atoms with Crippen LogP contribution in [-0.4, -0.2) is 36.4 Å². The maximum Gasteiger partial charge on any atom is 0.229 e. The highest BCUT2D eigenvalue weighted by Crippen LogP contribution is 2.45. The third kappa shape index (κ3) is 5.19. The van der Waals surface area contributed by atoms with Crippen LogP contribution in [0.1, 0.15) is 34.7 Å². The van der Waals surface area contributed by atoms with E-state index in [1.165, 1.54) is 19.2 Å². The molecule has 4 aromatic rings. The average molecular weight is 566 g/mol. The molecular formula is C28H28FN5O3S2. The molecule has 5 rings (SSSR count). The largest absolute Gasteiger partial charge is 0.495 e. The second kappa shape index (κ2) is 10.3. The van der Waals surface area contributed by atoms with Crippen LogP contribution in [-0.2, 0) is 10.0 Å². The summed E-state index contributed by atoms with van der Waals surface area (Å²) in [6.07, 6.45) is 2.83. The van der Waals surface area contributed by atoms with Gasteiger partial charge in [-0.3, -0.25) is 9.71 Å². The summed E-state index contributed by atoms with van der Waals surface area (Å²) in [7, 11) is -2.08. The summed E-state index contributed by atoms with van der Waals surface area (Å²) in [6, 6.07) is 18.8. The van der Waals surface area contributed by atoms with Crippen molar-refractivity contribution in [2.75, 3.05) is 23.0 Å². The van der Waals surface area contributed by atoms with Gasteiger partial charge in [0.15, 0.2) is 5.11 Å². The van der Waals surface area contributed by atoms with Crippen LogP contribution in [0.2, 0.25) is 0 Å². The molecule has 2 N–H and O–H groups in total. The molecule has 11 heteroatoms. The number of sulfonamides is 1. The maximum atomic E-state index is 13.7. The molecule has 0 radical (unpaired) electrons. The number of aryl methyl sites for hydroxylation is 1. The monoisotopic (exact) mass is 565 g/mol. The molecule has 0 bridgehead atoms. The predicted octanol–water partition coefficient (Wildman–Crippen LogP) is 5.19. The summed E-state index contributed by atoms with van der Waals surface area (Å²) in [5, 5.41) is 3.90. The number of benzene rings is 2. The van der Waals surface area contributed by atoms with Gasteiger partial charge in [-0.05, 0) is 92.3 Å². The first kappa shape index (κ1) is 26.6. The van der Waals surface area contributed by atoms with E-state index in [2.05, 4.69) is 25.7 Å². The first-order valence-electron chi connectivity index (χ1n) is 12.2. The van der Waals surface area contributed by atoms with Crippen molar-refractivity contribution < 1.29 is 17.5 Å². The fourth-order valence-corrected chi connectivity index (χ4v) is 6.05. The van der Waals surface area contributed by atoms with E-state index in [4.69, 9.17) is 17.0 Å². The van der Waals surface area contributed by atoms with Gasteiger partial charge in [0.25, 0.3) is 0 Å². The van der Waals surface area contributed by atoms with E-state index >= 15 is 0 Å². The number of rotatable bonds is 7. The van der Waals surface area contributed by atoms with Gasteiger partial charge in [-0.15, -0.1) is 0 Å². The molecule has 1 saturated heterocycles. The topological polar surface area (TPSA) is 88.5 Å². The van der Waals surface area contributed by atoms with Gasteiger partial charge >= 0.3 is 0 Å². The lowest BCUT2D eigenvalue weighted by atomic mass is 9.96. The van der Waals surface area contributed by atoms with Crippen molar-refractivity contribution in [3.8, 4) is 11.4 Å². The van der Waals surface area contributed by atoms with E-state index in [9.17, 15) is 12.8 Å². The number of hydrogen-bond acceptors (Lipinski definition) is 5. The lowest BCUT2D eigenvalue weighted by Gasteiger charge is -2.29. The zero-order valence-corrected chi connectivity index (χ0v) is 23.5. The summed E-state index contributed by atoms with van der Waals surface area (Å²) in [4.78, 5) is 6.58. The molecule has 202 valence electrons. The Labute approximate surface area is 232 Å². The molecule has 39 heavy (non-hydrogen) atoms. The first-order valence-corrected chi connectivity index (χ1v) is 14.5. The number of hydrogen-bond donors (Lipinski definition) is 2. The van der Waals surface area contributed by atoms with Gasteiger partial charge in [-0.1, -0.05) is 6.07 Å². The van der Waals surface area contributed by atoms with E-state index in [-0.39, 0.29) is 17.9 Å². The van der Waals surface area contributed by atoms with Crippen molar-refractivity contribution in [1.29, 1.82) is 0 Å². The van der Waals surface area contributed by atoms with Crippen molar-refractivity contribution in [2.45, 2.75) is 25.9 Å². The lowest BCUT2D eigenvalue weighted by Crippen LogP contribution is -2.29. The van der Waals surface area contributed by atoms with E-state index in [0.717, 1.165) is 34.6 Å². The Kier molecular flexibility index (Phi) is 7.04. The minimum atomic E-state index is -3.56. The summed E-state index contributed by atoms with van der Waals surface area (Å²) < 4.78 is 47.8. The van der Waals surface area contributed by atoms with Crippen LogP contribution in [0.15, 0.2) is 72.9 Å². The SMILES string of the molecule is COc1ccc(N2C(=S)N[C@@H](c3ccccn3)[C@@H]2c2cc(C)n(-c3ccc(F)cc3)c2C)cc1NS(C)(=O)=O. The third-order valence-electron chi connectivity index (χ3n) is 6.73. The Bertz CT molecular complexity index is 1640. The summed E-state index contributed by atoms with van der Waals surface area (Å²) in [5.41, 5.74) is 5.56. The van der Waals surface area contributed by atoms with Gasteiger partial charge < -0.3 is 19.5 Å². The fourth-order valence-electron chi connectivity index (χ4n) is 5.15. The van der Waals surface area contributed by atoms with E-state index in [1.807, 2.05) is 43.0 Å². The van der Waals surface area contributed by atoms with Crippen molar-refractivity contribution >= 4 is 38.7 Å². The quantitative estimate of drug-likeness (QED) is 0.298. The van der Waals surface area contributed by atoms with Crippen LogP contribution in [0.4, 0.5) is 15.8 Å². The van der Waals surface area contributed by atoms with Gasteiger partial charge in [0.05, 0.1) is 36.8 Å². The molecule has 0 aliphatic carbocycles. The van der Waals surface area contributed by atoms with E-state index in [0.29, 0.717) is 22.2 Å². The van der Waals surface area contributed by atoms with Gasteiger partial charge in [0.1, 0.15) is 11.6 Å². The molecule has 2 atom stereocenters. The molecule has 0 amide bonds. The number of pyridine rings is 1. The highest BCUT2D eigenvalue weighted by Gasteiger charge is 2.42. The smallest absolute Gasteiger partial charge is 0.229 e. The van der Waals surface area contributed by atoms with Crippen LogP contribution >= 0.6 is 12.2 Å². The first-order chi connectivity index (χ1) is 18.6. The number of aromatic nitrogens is 2. The Hall–Kier alpha value is -3.96. The molecule has 1 aliphatic heterocycles. The van der Waals surface area contributed by atoms with E-state index < -0.39 is 10.0 Å². The van der Waals surface area contributed by atoms with E-state index in [1.54, 1.807) is 30.5 Å². The third-order valence-corrected chi connectivity index (χ3v) is 7.63.